The Bertz CT molecular complexity index is 1680. The van der Waals surface area contributed by atoms with Gasteiger partial charge in [-0.3, -0.25) is 9.59 Å². The molecule has 0 aliphatic rings. The highest BCUT2D eigenvalue weighted by Gasteiger charge is 2.22. The molecule has 2 atom stereocenters. The monoisotopic (exact) mass is 661 g/mol. The van der Waals surface area contributed by atoms with Crippen LogP contribution < -0.4 is 9.04 Å². The fourth-order valence-electron chi connectivity index (χ4n) is 3.93. The summed E-state index contributed by atoms with van der Waals surface area (Å²) in [5.74, 6) is -3.44. The van der Waals surface area contributed by atoms with Crippen molar-refractivity contribution in [3.8, 4) is 17.0 Å². The first-order valence-electron chi connectivity index (χ1n) is 13.8. The third-order valence-electron chi connectivity index (χ3n) is 6.19. The number of anilines is 1. The summed E-state index contributed by atoms with van der Waals surface area (Å²) in [5.41, 5.74) is 1.79. The summed E-state index contributed by atoms with van der Waals surface area (Å²) >= 11 is 0. The first-order valence-corrected chi connectivity index (χ1v) is 15.6. The number of carbonyl (C=O) groups excluding carboxylic acids is 1. The summed E-state index contributed by atoms with van der Waals surface area (Å²) in [6, 6.07) is 11.5. The number of carboxylic acid groups (broad SMARTS) is 2. The number of carboxylic acids is 2. The molecule has 0 spiro atoms. The molecule has 1 aromatic heterocycles. The van der Waals surface area contributed by atoms with Crippen molar-refractivity contribution in [1.82, 2.24) is 9.97 Å². The van der Waals surface area contributed by atoms with Crippen LogP contribution in [0.3, 0.4) is 0 Å². The second-order valence-corrected chi connectivity index (χ2v) is 12.4. The van der Waals surface area contributed by atoms with Gasteiger partial charge in [0.05, 0.1) is 36.3 Å². The van der Waals surface area contributed by atoms with Gasteiger partial charge in [0.1, 0.15) is 17.1 Å². The maximum Gasteiger partial charge on any atom is 0.339 e. The lowest BCUT2D eigenvalue weighted by Gasteiger charge is -2.20. The Morgan fingerprint density at radius 1 is 1.02 bits per heavy atom. The van der Waals surface area contributed by atoms with E-state index in [1.54, 1.807) is 12.1 Å². The number of hydrogen-bond acceptors (Lipinski definition) is 10. The van der Waals surface area contributed by atoms with Crippen molar-refractivity contribution in [1.29, 1.82) is 0 Å². The van der Waals surface area contributed by atoms with Crippen molar-refractivity contribution in [3.05, 3.63) is 77.2 Å². The van der Waals surface area contributed by atoms with Crippen LogP contribution in [0.15, 0.2) is 54.6 Å². The van der Waals surface area contributed by atoms with E-state index in [0.717, 1.165) is 10.6 Å². The number of aromatic nitrogens is 2. The van der Waals surface area contributed by atoms with Crippen molar-refractivity contribution >= 4 is 40.0 Å². The lowest BCUT2D eigenvalue weighted by molar-refractivity contribution is -0.139. The maximum absolute atomic E-state index is 13.5. The fourth-order valence-corrected chi connectivity index (χ4v) is 4.31. The Morgan fingerprint density at radius 2 is 1.63 bits per heavy atom. The minimum Gasteiger partial charge on any atom is -0.481 e. The number of halogens is 1. The number of sulfonamides is 1. The molecule has 2 aromatic carbocycles. The quantitative estimate of drug-likeness (QED) is 0.162. The van der Waals surface area contributed by atoms with Crippen molar-refractivity contribution in [2.45, 2.75) is 51.7 Å². The molecule has 3 aromatic rings. The van der Waals surface area contributed by atoms with Gasteiger partial charge in [0.15, 0.2) is 0 Å². The van der Waals surface area contributed by atoms with Gasteiger partial charge in [0, 0.05) is 31.5 Å². The van der Waals surface area contributed by atoms with Gasteiger partial charge in [-0.05, 0) is 42.3 Å². The maximum atomic E-state index is 13.5. The molecule has 0 bridgehead atoms. The van der Waals surface area contributed by atoms with E-state index in [9.17, 15) is 37.4 Å². The minimum atomic E-state index is -3.65. The van der Waals surface area contributed by atoms with Crippen LogP contribution in [-0.4, -0.2) is 82.2 Å². The zero-order valence-electron chi connectivity index (χ0n) is 25.8. The second kappa shape index (κ2) is 16.5. The first kappa shape index (κ1) is 37.5. The summed E-state index contributed by atoms with van der Waals surface area (Å²) in [5, 5.41) is 37.5. The van der Waals surface area contributed by atoms with E-state index in [0.29, 0.717) is 22.5 Å². The molecule has 15 heteroatoms. The minimum absolute atomic E-state index is 0.0160. The van der Waals surface area contributed by atoms with Crippen LogP contribution in [0.5, 0.6) is 5.75 Å². The van der Waals surface area contributed by atoms with Crippen molar-refractivity contribution in [3.63, 3.8) is 0 Å². The molecule has 0 saturated carbocycles. The van der Waals surface area contributed by atoms with Gasteiger partial charge in [-0.1, -0.05) is 38.1 Å². The van der Waals surface area contributed by atoms with Gasteiger partial charge in [0.25, 0.3) is 0 Å². The van der Waals surface area contributed by atoms with Crippen LogP contribution in [0.25, 0.3) is 17.3 Å². The van der Waals surface area contributed by atoms with Crippen molar-refractivity contribution < 1.29 is 52.4 Å². The van der Waals surface area contributed by atoms with E-state index in [1.165, 1.54) is 62.5 Å². The normalized spacial score (nSPS) is 12.6. The average molecular weight is 662 g/mol. The molecule has 2 unspecified atom stereocenters. The largest absolute Gasteiger partial charge is 0.481 e. The molecule has 1 heterocycles. The molecule has 46 heavy (non-hydrogen) atoms. The molecule has 0 aliphatic carbocycles. The molecule has 248 valence electrons. The average Bonchev–Trinajstić information content (AvgIpc) is 2.95. The molecule has 0 aliphatic heterocycles. The van der Waals surface area contributed by atoms with Crippen LogP contribution in [0.1, 0.15) is 61.1 Å². The number of para-hydroxylation sites is 1. The second-order valence-electron chi connectivity index (χ2n) is 10.4. The van der Waals surface area contributed by atoms with Gasteiger partial charge in [-0.2, -0.15) is 0 Å². The third kappa shape index (κ3) is 11.3. The fraction of sp³-hybridized carbons (Fsp3) is 0.323. The third-order valence-corrected chi connectivity index (χ3v) is 7.35. The Labute approximate surface area is 265 Å². The van der Waals surface area contributed by atoms with Crippen molar-refractivity contribution in [2.75, 3.05) is 17.6 Å². The van der Waals surface area contributed by atoms with E-state index < -0.39 is 52.4 Å². The molecule has 3 rings (SSSR count). The zero-order chi connectivity index (χ0) is 34.8. The summed E-state index contributed by atoms with van der Waals surface area (Å²) in [7, 11) is -2.33. The van der Waals surface area contributed by atoms with Crippen LogP contribution >= 0.6 is 0 Å². The number of benzene rings is 2. The highest BCUT2D eigenvalue weighted by molar-refractivity contribution is 7.92. The molecule has 0 amide bonds. The summed E-state index contributed by atoms with van der Waals surface area (Å²) < 4.78 is 43.3. The van der Waals surface area contributed by atoms with Crippen LogP contribution in [0.4, 0.5) is 10.3 Å². The number of hydrogen-bond donors (Lipinski definition) is 4. The van der Waals surface area contributed by atoms with Gasteiger partial charge in [-0.15, -0.1) is 0 Å². The predicted molar refractivity (Wildman–Crippen MR) is 167 cm³/mol. The van der Waals surface area contributed by atoms with E-state index in [1.807, 2.05) is 13.8 Å². The van der Waals surface area contributed by atoms with Crippen LogP contribution in [-0.2, 0) is 19.6 Å². The molecular weight excluding hydrogens is 625 g/mol. The topological polar surface area (TPSA) is 205 Å². The number of rotatable bonds is 12. The molecule has 4 N–H and O–H groups in total. The van der Waals surface area contributed by atoms with E-state index in [2.05, 4.69) is 14.7 Å². The molecule has 0 saturated heterocycles. The van der Waals surface area contributed by atoms with Gasteiger partial charge in [0.2, 0.25) is 16.0 Å². The van der Waals surface area contributed by atoms with Gasteiger partial charge < -0.3 is 25.2 Å². The number of esters is 1. The zero-order valence-corrected chi connectivity index (χ0v) is 26.6. The van der Waals surface area contributed by atoms with E-state index in [-0.39, 0.29) is 29.6 Å². The predicted octanol–water partition coefficient (Wildman–Crippen LogP) is 3.71. The number of aromatic carboxylic acids is 1. The Kier molecular flexibility index (Phi) is 13.5. The van der Waals surface area contributed by atoms with Crippen molar-refractivity contribution in [2.24, 2.45) is 0 Å². The van der Waals surface area contributed by atoms with Crippen LogP contribution in [0.2, 0.25) is 0 Å². The Hall–Kier alpha value is -4.73. The molecule has 0 radical (unpaired) electrons. The molecular formula is C31H36FN3O10S. The lowest BCUT2D eigenvalue weighted by atomic mass is 9.97. The first-order chi connectivity index (χ1) is 21.4. The highest BCUT2D eigenvalue weighted by Crippen LogP contribution is 2.31. The number of carbonyl (C=O) groups is 3. The Balaban J connectivity index is 0.000000471. The summed E-state index contributed by atoms with van der Waals surface area (Å²) in [6.07, 6.45) is 0.860. The number of aliphatic hydroxyl groups is 2. The summed E-state index contributed by atoms with van der Waals surface area (Å²) in [6.45, 7) is 4.93. The SMILES string of the molecule is CC(=O)Oc1ccccc1C(=O)O.CC(C)c1nc(N(C)S(C)(=O)=O)nc(-c2ccc(F)cc2)c1/C=C/C(O)CC(O)CC(=O)O. The van der Waals surface area contributed by atoms with E-state index >= 15 is 0 Å². The standard InChI is InChI=1S/C22H28FN3O6S.C9H8O4/c1-13(2)20-18(10-9-16(27)11-17(28)12-19(29)30)21(14-5-7-15(23)8-6-14)25-22(24-20)26(3)33(4,31)32;1-6(10)13-8-5-3-2-4-7(8)9(11)12/h5-10,13,16-17,27-28H,11-12H2,1-4H3,(H,29,30);2-5H,1H3,(H,11,12)/b10-9+;. The molecule has 13 nitrogen and oxygen atoms in total. The van der Waals surface area contributed by atoms with Gasteiger partial charge in [-0.25, -0.2) is 31.9 Å². The van der Waals surface area contributed by atoms with E-state index in [4.69, 9.17) is 10.2 Å². The number of nitrogens with zero attached hydrogens (tertiary/aromatic N) is 3. The highest BCUT2D eigenvalue weighted by atomic mass is 32.2. The number of ether oxygens (including phenoxy) is 1. The molecule has 0 fully saturated rings. The number of aliphatic carboxylic acids is 1. The van der Waals surface area contributed by atoms with Crippen LogP contribution in [0, 0.1) is 5.82 Å². The smallest absolute Gasteiger partial charge is 0.339 e. The Morgan fingerprint density at radius 3 is 2.15 bits per heavy atom. The lowest BCUT2D eigenvalue weighted by Crippen LogP contribution is -2.27. The number of aliphatic hydroxyl groups excluding tert-OH is 2. The summed E-state index contributed by atoms with van der Waals surface area (Å²) in [4.78, 5) is 40.7. The van der Waals surface area contributed by atoms with Gasteiger partial charge >= 0.3 is 17.9 Å².